The Bertz CT molecular complexity index is 168. The average Bonchev–Trinajstić information content (AvgIpc) is 2.67. The molecule has 0 radical (unpaired) electrons. The Hall–Kier alpha value is -0.0400. The fourth-order valence-electron chi connectivity index (χ4n) is 2.66. The third-order valence-corrected chi connectivity index (χ3v) is 4.38. The lowest BCUT2D eigenvalue weighted by atomic mass is 9.88. The molecular formula is C14H28O. The number of ether oxygens (including phenoxy) is 1. The molecule has 1 aliphatic carbocycles. The van der Waals surface area contributed by atoms with Crippen LogP contribution < -0.4 is 0 Å². The zero-order chi connectivity index (χ0) is 11.3. The maximum Gasteiger partial charge on any atom is 0.0678 e. The Morgan fingerprint density at radius 3 is 2.20 bits per heavy atom. The Morgan fingerprint density at radius 1 is 1.13 bits per heavy atom. The highest BCUT2D eigenvalue weighted by atomic mass is 16.5. The van der Waals surface area contributed by atoms with E-state index in [1.54, 1.807) is 0 Å². The molecule has 0 spiro atoms. The van der Waals surface area contributed by atoms with Gasteiger partial charge in [0, 0.05) is 7.11 Å². The second-order valence-corrected chi connectivity index (χ2v) is 5.71. The smallest absolute Gasteiger partial charge is 0.0678 e. The van der Waals surface area contributed by atoms with Gasteiger partial charge in [-0.25, -0.2) is 0 Å². The van der Waals surface area contributed by atoms with Crippen molar-refractivity contribution in [2.45, 2.75) is 71.3 Å². The molecule has 1 rings (SSSR count). The third kappa shape index (κ3) is 3.79. The van der Waals surface area contributed by atoms with Crippen molar-refractivity contribution in [1.29, 1.82) is 0 Å². The molecule has 1 aliphatic rings. The van der Waals surface area contributed by atoms with E-state index in [0.29, 0.717) is 0 Å². The summed E-state index contributed by atoms with van der Waals surface area (Å²) in [7, 11) is 1.90. The molecule has 0 heterocycles. The first-order valence-corrected chi connectivity index (χ1v) is 6.65. The Labute approximate surface area is 95.6 Å². The molecule has 0 aromatic carbocycles. The van der Waals surface area contributed by atoms with Crippen LogP contribution in [0.1, 0.15) is 65.7 Å². The molecule has 0 amide bonds. The number of hydrogen-bond acceptors (Lipinski definition) is 1. The minimum atomic E-state index is 0.261. The summed E-state index contributed by atoms with van der Waals surface area (Å²) in [4.78, 5) is 0. The van der Waals surface area contributed by atoms with Crippen LogP contribution in [0, 0.1) is 11.8 Å². The van der Waals surface area contributed by atoms with E-state index in [2.05, 4.69) is 20.8 Å². The molecule has 0 aromatic rings. The molecule has 0 aliphatic heterocycles. The minimum Gasteiger partial charge on any atom is -0.378 e. The lowest BCUT2D eigenvalue weighted by Gasteiger charge is -2.28. The molecule has 1 fully saturated rings. The lowest BCUT2D eigenvalue weighted by molar-refractivity contribution is -0.0140. The molecule has 0 aromatic heterocycles. The van der Waals surface area contributed by atoms with E-state index in [4.69, 9.17) is 4.74 Å². The summed E-state index contributed by atoms with van der Waals surface area (Å²) in [6, 6.07) is 0. The summed E-state index contributed by atoms with van der Waals surface area (Å²) >= 11 is 0. The summed E-state index contributed by atoms with van der Waals surface area (Å²) in [5.41, 5.74) is 0.261. The lowest BCUT2D eigenvalue weighted by Crippen LogP contribution is -2.27. The van der Waals surface area contributed by atoms with E-state index in [-0.39, 0.29) is 5.60 Å². The van der Waals surface area contributed by atoms with E-state index in [1.807, 2.05) is 7.11 Å². The first kappa shape index (κ1) is 13.0. The summed E-state index contributed by atoms with van der Waals surface area (Å²) < 4.78 is 5.74. The standard InChI is InChI=1S/C14H28O/c1-12(2)13(3)8-7-11-14(15-4)9-5-6-10-14/h12-13H,5-11H2,1-4H3/t13-/m0/s1. The second-order valence-electron chi connectivity index (χ2n) is 5.71. The highest BCUT2D eigenvalue weighted by Crippen LogP contribution is 2.37. The summed E-state index contributed by atoms with van der Waals surface area (Å²) in [6.07, 6.45) is 9.30. The van der Waals surface area contributed by atoms with Gasteiger partial charge in [0.1, 0.15) is 0 Å². The van der Waals surface area contributed by atoms with Crippen LogP contribution in [0.2, 0.25) is 0 Å². The molecule has 15 heavy (non-hydrogen) atoms. The molecule has 0 unspecified atom stereocenters. The van der Waals surface area contributed by atoms with Gasteiger partial charge in [0.05, 0.1) is 5.60 Å². The van der Waals surface area contributed by atoms with Crippen molar-refractivity contribution in [1.82, 2.24) is 0 Å². The van der Waals surface area contributed by atoms with E-state index >= 15 is 0 Å². The predicted molar refractivity (Wildman–Crippen MR) is 66.1 cm³/mol. The van der Waals surface area contributed by atoms with Gasteiger partial charge in [0.2, 0.25) is 0 Å². The monoisotopic (exact) mass is 212 g/mol. The van der Waals surface area contributed by atoms with Gasteiger partial charge in [0.25, 0.3) is 0 Å². The van der Waals surface area contributed by atoms with Crippen molar-refractivity contribution in [2.75, 3.05) is 7.11 Å². The zero-order valence-corrected chi connectivity index (χ0v) is 11.0. The van der Waals surface area contributed by atoms with Gasteiger partial charge in [-0.05, 0) is 31.1 Å². The van der Waals surface area contributed by atoms with Crippen molar-refractivity contribution in [2.24, 2.45) is 11.8 Å². The molecule has 0 N–H and O–H groups in total. The van der Waals surface area contributed by atoms with Crippen LogP contribution in [-0.4, -0.2) is 12.7 Å². The second kappa shape index (κ2) is 5.89. The van der Waals surface area contributed by atoms with Crippen molar-refractivity contribution in [3.63, 3.8) is 0 Å². The maximum absolute atomic E-state index is 5.74. The third-order valence-electron chi connectivity index (χ3n) is 4.38. The fourth-order valence-corrected chi connectivity index (χ4v) is 2.66. The minimum absolute atomic E-state index is 0.261. The zero-order valence-electron chi connectivity index (χ0n) is 11.0. The molecule has 90 valence electrons. The SMILES string of the molecule is COC1(CCC[C@H](C)C(C)C)CCCC1. The van der Waals surface area contributed by atoms with Gasteiger partial charge in [-0.3, -0.25) is 0 Å². The Kier molecular flexibility index (Phi) is 5.11. The van der Waals surface area contributed by atoms with E-state index in [9.17, 15) is 0 Å². The van der Waals surface area contributed by atoms with Crippen LogP contribution in [0.3, 0.4) is 0 Å². The van der Waals surface area contributed by atoms with Gasteiger partial charge in [-0.2, -0.15) is 0 Å². The molecule has 0 saturated heterocycles. The van der Waals surface area contributed by atoms with Gasteiger partial charge in [-0.1, -0.05) is 46.5 Å². The fraction of sp³-hybridized carbons (Fsp3) is 1.00. The number of rotatable bonds is 6. The Balaban J connectivity index is 2.23. The normalized spacial score (nSPS) is 22.2. The number of hydrogen-bond donors (Lipinski definition) is 0. The molecule has 1 saturated carbocycles. The van der Waals surface area contributed by atoms with E-state index in [1.165, 1.54) is 44.9 Å². The topological polar surface area (TPSA) is 9.23 Å². The van der Waals surface area contributed by atoms with Crippen molar-refractivity contribution in [3.05, 3.63) is 0 Å². The van der Waals surface area contributed by atoms with Gasteiger partial charge >= 0.3 is 0 Å². The van der Waals surface area contributed by atoms with E-state index in [0.717, 1.165) is 11.8 Å². The molecule has 1 heteroatoms. The summed E-state index contributed by atoms with van der Waals surface area (Å²) in [5, 5.41) is 0. The van der Waals surface area contributed by atoms with E-state index < -0.39 is 0 Å². The van der Waals surface area contributed by atoms with Crippen molar-refractivity contribution in [3.8, 4) is 0 Å². The van der Waals surface area contributed by atoms with Gasteiger partial charge in [-0.15, -0.1) is 0 Å². The first-order chi connectivity index (χ1) is 7.09. The Morgan fingerprint density at radius 2 is 1.73 bits per heavy atom. The first-order valence-electron chi connectivity index (χ1n) is 6.65. The summed E-state index contributed by atoms with van der Waals surface area (Å²) in [5.74, 6) is 1.69. The molecule has 0 bridgehead atoms. The number of methoxy groups -OCH3 is 1. The largest absolute Gasteiger partial charge is 0.378 e. The summed E-state index contributed by atoms with van der Waals surface area (Å²) in [6.45, 7) is 7.03. The predicted octanol–water partition coefficient (Wildman–Crippen LogP) is 4.41. The molecule has 1 nitrogen and oxygen atoms in total. The van der Waals surface area contributed by atoms with Crippen LogP contribution in [0.15, 0.2) is 0 Å². The molecule has 1 atom stereocenters. The highest BCUT2D eigenvalue weighted by molar-refractivity contribution is 4.86. The van der Waals surface area contributed by atoms with Gasteiger partial charge in [0.15, 0.2) is 0 Å². The maximum atomic E-state index is 5.74. The van der Waals surface area contributed by atoms with Crippen LogP contribution in [0.25, 0.3) is 0 Å². The van der Waals surface area contributed by atoms with Crippen LogP contribution in [0.4, 0.5) is 0 Å². The highest BCUT2D eigenvalue weighted by Gasteiger charge is 2.32. The van der Waals surface area contributed by atoms with Gasteiger partial charge < -0.3 is 4.74 Å². The molecular weight excluding hydrogens is 184 g/mol. The van der Waals surface area contributed by atoms with Crippen molar-refractivity contribution < 1.29 is 4.74 Å². The van der Waals surface area contributed by atoms with Crippen LogP contribution >= 0.6 is 0 Å². The van der Waals surface area contributed by atoms with Crippen molar-refractivity contribution >= 4 is 0 Å². The average molecular weight is 212 g/mol. The van der Waals surface area contributed by atoms with Crippen LogP contribution in [0.5, 0.6) is 0 Å². The van der Waals surface area contributed by atoms with Crippen LogP contribution in [-0.2, 0) is 4.74 Å². The quantitative estimate of drug-likeness (QED) is 0.634.